The summed E-state index contributed by atoms with van der Waals surface area (Å²) >= 11 is 0. The Morgan fingerprint density at radius 2 is 2.00 bits per heavy atom. The second kappa shape index (κ2) is 6.50. The van der Waals surface area contributed by atoms with Gasteiger partial charge in [-0.1, -0.05) is 37.1 Å². The fraction of sp³-hybridized carbons (Fsp3) is 0.571. The Labute approximate surface area is 114 Å². The molecule has 0 aromatic heterocycles. The van der Waals surface area contributed by atoms with Crippen LogP contribution in [0, 0.1) is 5.92 Å². The first-order valence-corrected chi connectivity index (χ1v) is 8.40. The molecule has 0 aliphatic heterocycles. The first kappa shape index (κ1) is 14.5. The van der Waals surface area contributed by atoms with Crippen LogP contribution in [0.15, 0.2) is 24.3 Å². The van der Waals surface area contributed by atoms with Crippen molar-refractivity contribution in [2.75, 3.05) is 6.54 Å². The van der Waals surface area contributed by atoms with Gasteiger partial charge in [-0.2, -0.15) is 0 Å². The summed E-state index contributed by atoms with van der Waals surface area (Å²) < 4.78 is 26.4. The number of nitrogens with one attached hydrogen (secondary N) is 1. The molecule has 0 spiro atoms. The zero-order valence-corrected chi connectivity index (χ0v) is 11.8. The van der Waals surface area contributed by atoms with E-state index in [1.165, 1.54) is 12.8 Å². The molecule has 4 nitrogen and oxygen atoms in total. The van der Waals surface area contributed by atoms with E-state index in [4.69, 9.17) is 5.11 Å². The van der Waals surface area contributed by atoms with Crippen LogP contribution in [-0.4, -0.2) is 20.1 Å². The van der Waals surface area contributed by atoms with Gasteiger partial charge in [0.25, 0.3) is 0 Å². The maximum absolute atomic E-state index is 11.9. The highest BCUT2D eigenvalue weighted by Gasteiger charge is 2.20. The summed E-state index contributed by atoms with van der Waals surface area (Å²) in [7, 11) is -3.27. The monoisotopic (exact) mass is 283 g/mol. The molecule has 0 heterocycles. The third kappa shape index (κ3) is 5.30. The molecule has 106 valence electrons. The van der Waals surface area contributed by atoms with E-state index in [9.17, 15) is 8.42 Å². The normalized spacial score (nSPS) is 15.6. The van der Waals surface area contributed by atoms with E-state index in [1.807, 2.05) is 0 Å². The van der Waals surface area contributed by atoms with Crippen molar-refractivity contribution in [1.82, 2.24) is 4.72 Å². The standard InChI is InChI=1S/C14H21NO3S/c16-10-13-3-1-4-14(9-13)11-19(17,18)15-8-2-5-12-6-7-12/h1,3-4,9,12,15-16H,2,5-8,10-11H2. The molecule has 1 saturated carbocycles. The van der Waals surface area contributed by atoms with Crippen LogP contribution >= 0.6 is 0 Å². The lowest BCUT2D eigenvalue weighted by molar-refractivity contribution is 0.282. The minimum atomic E-state index is -3.27. The van der Waals surface area contributed by atoms with Crippen LogP contribution < -0.4 is 4.72 Å². The van der Waals surface area contributed by atoms with Crippen molar-refractivity contribution in [2.45, 2.75) is 38.0 Å². The predicted octanol–water partition coefficient (Wildman–Crippen LogP) is 1.79. The average Bonchev–Trinajstić information content (AvgIpc) is 3.18. The van der Waals surface area contributed by atoms with Gasteiger partial charge in [0, 0.05) is 6.54 Å². The summed E-state index contributed by atoms with van der Waals surface area (Å²) in [6, 6.07) is 7.04. The number of hydrogen-bond acceptors (Lipinski definition) is 3. The van der Waals surface area contributed by atoms with Crippen molar-refractivity contribution < 1.29 is 13.5 Å². The molecule has 2 N–H and O–H groups in total. The van der Waals surface area contributed by atoms with Gasteiger partial charge in [0.05, 0.1) is 12.4 Å². The number of sulfonamides is 1. The highest BCUT2D eigenvalue weighted by molar-refractivity contribution is 7.88. The van der Waals surface area contributed by atoms with Gasteiger partial charge in [0.1, 0.15) is 0 Å². The molecule has 1 aliphatic carbocycles. The Morgan fingerprint density at radius 1 is 1.26 bits per heavy atom. The van der Waals surface area contributed by atoms with E-state index < -0.39 is 10.0 Å². The molecule has 2 rings (SSSR count). The molecule has 1 aromatic carbocycles. The summed E-state index contributed by atoms with van der Waals surface area (Å²) in [5.41, 5.74) is 1.45. The number of aliphatic hydroxyl groups excluding tert-OH is 1. The number of aliphatic hydroxyl groups is 1. The third-order valence-electron chi connectivity index (χ3n) is 3.34. The fourth-order valence-corrected chi connectivity index (χ4v) is 3.29. The van der Waals surface area contributed by atoms with Gasteiger partial charge in [0.15, 0.2) is 0 Å². The average molecular weight is 283 g/mol. The van der Waals surface area contributed by atoms with Gasteiger partial charge in [-0.05, 0) is 29.9 Å². The molecule has 1 fully saturated rings. The van der Waals surface area contributed by atoms with Gasteiger partial charge in [0.2, 0.25) is 10.0 Å². The van der Waals surface area contributed by atoms with E-state index in [0.717, 1.165) is 24.3 Å². The second-order valence-corrected chi connectivity index (χ2v) is 7.02. The molecule has 19 heavy (non-hydrogen) atoms. The van der Waals surface area contributed by atoms with Crippen LogP contribution in [0.1, 0.15) is 36.8 Å². The summed E-state index contributed by atoms with van der Waals surface area (Å²) in [4.78, 5) is 0. The lowest BCUT2D eigenvalue weighted by Gasteiger charge is -2.07. The maximum atomic E-state index is 11.9. The van der Waals surface area contributed by atoms with Crippen molar-refractivity contribution >= 4 is 10.0 Å². The summed E-state index contributed by atoms with van der Waals surface area (Å²) in [6.07, 6.45) is 4.66. The molecule has 1 aromatic rings. The van der Waals surface area contributed by atoms with Crippen molar-refractivity contribution in [3.63, 3.8) is 0 Å². The zero-order chi connectivity index (χ0) is 13.7. The Balaban J connectivity index is 1.81. The number of benzene rings is 1. The van der Waals surface area contributed by atoms with Crippen molar-refractivity contribution in [3.8, 4) is 0 Å². The van der Waals surface area contributed by atoms with E-state index in [2.05, 4.69) is 4.72 Å². The first-order chi connectivity index (χ1) is 9.09. The topological polar surface area (TPSA) is 66.4 Å². The summed E-state index contributed by atoms with van der Waals surface area (Å²) in [6.45, 7) is 0.460. The number of rotatable bonds is 8. The lowest BCUT2D eigenvalue weighted by atomic mass is 10.1. The largest absolute Gasteiger partial charge is 0.392 e. The Kier molecular flexibility index (Phi) is 4.96. The van der Waals surface area contributed by atoms with Gasteiger partial charge < -0.3 is 5.11 Å². The van der Waals surface area contributed by atoms with E-state index >= 15 is 0 Å². The molecule has 5 heteroatoms. The van der Waals surface area contributed by atoms with E-state index in [-0.39, 0.29) is 12.4 Å². The minimum absolute atomic E-state index is 0.0235. The van der Waals surface area contributed by atoms with Gasteiger partial charge >= 0.3 is 0 Å². The molecule has 0 amide bonds. The SMILES string of the molecule is O=S(=O)(Cc1cccc(CO)c1)NCCCC1CC1. The first-order valence-electron chi connectivity index (χ1n) is 6.75. The molecule has 0 bridgehead atoms. The fourth-order valence-electron chi connectivity index (χ4n) is 2.11. The highest BCUT2D eigenvalue weighted by atomic mass is 32.2. The molecule has 0 saturated heterocycles. The number of hydrogen-bond donors (Lipinski definition) is 2. The van der Waals surface area contributed by atoms with Crippen LogP contribution in [0.2, 0.25) is 0 Å². The minimum Gasteiger partial charge on any atom is -0.392 e. The van der Waals surface area contributed by atoms with Gasteiger partial charge in [-0.25, -0.2) is 13.1 Å². The van der Waals surface area contributed by atoms with Crippen LogP contribution in [-0.2, 0) is 22.4 Å². The quantitative estimate of drug-likeness (QED) is 0.715. The Morgan fingerprint density at radius 3 is 2.68 bits per heavy atom. The third-order valence-corrected chi connectivity index (χ3v) is 4.70. The van der Waals surface area contributed by atoms with Crippen molar-refractivity contribution in [1.29, 1.82) is 0 Å². The van der Waals surface area contributed by atoms with Crippen LogP contribution in [0.3, 0.4) is 0 Å². The lowest BCUT2D eigenvalue weighted by Crippen LogP contribution is -2.26. The maximum Gasteiger partial charge on any atom is 0.215 e. The van der Waals surface area contributed by atoms with Gasteiger partial charge in [-0.15, -0.1) is 0 Å². The zero-order valence-electron chi connectivity index (χ0n) is 11.0. The molecule has 0 atom stereocenters. The van der Waals surface area contributed by atoms with Crippen molar-refractivity contribution in [3.05, 3.63) is 35.4 Å². The molecular weight excluding hydrogens is 262 g/mol. The van der Waals surface area contributed by atoms with Gasteiger partial charge in [-0.3, -0.25) is 0 Å². The van der Waals surface area contributed by atoms with Crippen LogP contribution in [0.25, 0.3) is 0 Å². The second-order valence-electron chi connectivity index (χ2n) is 5.22. The van der Waals surface area contributed by atoms with Crippen LogP contribution in [0.5, 0.6) is 0 Å². The molecular formula is C14H21NO3S. The summed E-state index contributed by atoms with van der Waals surface area (Å²) in [5, 5.41) is 9.03. The molecule has 0 radical (unpaired) electrons. The molecule has 0 unspecified atom stereocenters. The van der Waals surface area contributed by atoms with E-state index in [0.29, 0.717) is 12.1 Å². The van der Waals surface area contributed by atoms with Crippen molar-refractivity contribution in [2.24, 2.45) is 5.92 Å². The Hall–Kier alpha value is -0.910. The summed E-state index contributed by atoms with van der Waals surface area (Å²) in [5.74, 6) is 0.815. The predicted molar refractivity (Wildman–Crippen MR) is 74.9 cm³/mol. The Bertz CT molecular complexity index is 509. The smallest absolute Gasteiger partial charge is 0.215 e. The van der Waals surface area contributed by atoms with E-state index in [1.54, 1.807) is 24.3 Å². The van der Waals surface area contributed by atoms with Crippen LogP contribution in [0.4, 0.5) is 0 Å². The molecule has 1 aliphatic rings. The highest BCUT2D eigenvalue weighted by Crippen LogP contribution is 2.33.